The number of nitrogens with zero attached hydrogens (tertiary/aromatic N) is 2. The number of rotatable bonds is 1. The van der Waals surface area contributed by atoms with Crippen LogP contribution < -0.4 is 0 Å². The minimum Gasteiger partial charge on any atom is -0.330 e. The van der Waals surface area contributed by atoms with Gasteiger partial charge in [0, 0.05) is 17.4 Å². The quantitative estimate of drug-likeness (QED) is 0.736. The zero-order valence-electron chi connectivity index (χ0n) is 8.94. The van der Waals surface area contributed by atoms with Crippen molar-refractivity contribution < 1.29 is 0 Å². The molecule has 3 rings (SSSR count). The van der Waals surface area contributed by atoms with Crippen LogP contribution in [-0.2, 0) is 6.42 Å². The highest BCUT2D eigenvalue weighted by Crippen LogP contribution is 2.35. The summed E-state index contributed by atoms with van der Waals surface area (Å²) in [5.74, 6) is 0. The Morgan fingerprint density at radius 3 is 3.12 bits per heavy atom. The summed E-state index contributed by atoms with van der Waals surface area (Å²) in [6.07, 6.45) is 9.21. The van der Waals surface area contributed by atoms with Crippen LogP contribution in [0.2, 0.25) is 5.02 Å². The molecule has 0 aliphatic heterocycles. The van der Waals surface area contributed by atoms with Gasteiger partial charge in [-0.3, -0.25) is 0 Å². The van der Waals surface area contributed by atoms with E-state index >= 15 is 0 Å². The third-order valence-corrected chi connectivity index (χ3v) is 3.66. The van der Waals surface area contributed by atoms with Crippen LogP contribution in [0.15, 0.2) is 36.9 Å². The molecule has 3 heteroatoms. The van der Waals surface area contributed by atoms with Gasteiger partial charge in [-0.15, -0.1) is 0 Å². The molecular formula is C13H13ClN2. The average Bonchev–Trinajstić information content (AvgIpc) is 2.82. The Morgan fingerprint density at radius 1 is 1.38 bits per heavy atom. The molecule has 82 valence electrons. The largest absolute Gasteiger partial charge is 0.330 e. The molecule has 0 fully saturated rings. The summed E-state index contributed by atoms with van der Waals surface area (Å²) >= 11 is 6.24. The van der Waals surface area contributed by atoms with Crippen molar-refractivity contribution >= 4 is 11.6 Å². The Balaban J connectivity index is 2.10. The third-order valence-electron chi connectivity index (χ3n) is 3.30. The van der Waals surface area contributed by atoms with Crippen molar-refractivity contribution in [2.24, 2.45) is 0 Å². The van der Waals surface area contributed by atoms with Gasteiger partial charge < -0.3 is 4.57 Å². The predicted octanol–water partition coefficient (Wildman–Crippen LogP) is 3.46. The molecule has 1 aliphatic carbocycles. The molecule has 2 aromatic rings. The van der Waals surface area contributed by atoms with Gasteiger partial charge in [0.1, 0.15) is 0 Å². The van der Waals surface area contributed by atoms with Crippen molar-refractivity contribution in [3.63, 3.8) is 0 Å². The minimum absolute atomic E-state index is 0.407. The molecular weight excluding hydrogens is 220 g/mol. The topological polar surface area (TPSA) is 17.8 Å². The highest BCUT2D eigenvalue weighted by molar-refractivity contribution is 6.31. The molecule has 0 bridgehead atoms. The van der Waals surface area contributed by atoms with Gasteiger partial charge in [-0.1, -0.05) is 23.7 Å². The van der Waals surface area contributed by atoms with Crippen molar-refractivity contribution in [3.05, 3.63) is 53.1 Å². The van der Waals surface area contributed by atoms with E-state index in [2.05, 4.69) is 15.6 Å². The van der Waals surface area contributed by atoms with Crippen LogP contribution in [0.4, 0.5) is 0 Å². The monoisotopic (exact) mass is 232 g/mol. The molecule has 0 radical (unpaired) electrons. The zero-order chi connectivity index (χ0) is 11.0. The number of imidazole rings is 1. The Morgan fingerprint density at radius 2 is 2.31 bits per heavy atom. The van der Waals surface area contributed by atoms with Crippen molar-refractivity contribution in [1.82, 2.24) is 9.55 Å². The highest BCUT2D eigenvalue weighted by atomic mass is 35.5. The van der Waals surface area contributed by atoms with Crippen LogP contribution in [-0.4, -0.2) is 9.55 Å². The SMILES string of the molecule is Clc1cccc2c1CCCC2n1ccnc1. The van der Waals surface area contributed by atoms with E-state index in [1.54, 1.807) is 0 Å². The van der Waals surface area contributed by atoms with Crippen LogP contribution in [0, 0.1) is 0 Å². The van der Waals surface area contributed by atoms with Crippen molar-refractivity contribution in [1.29, 1.82) is 0 Å². The number of aromatic nitrogens is 2. The molecule has 1 aromatic heterocycles. The average molecular weight is 233 g/mol. The van der Waals surface area contributed by atoms with Crippen LogP contribution >= 0.6 is 11.6 Å². The van der Waals surface area contributed by atoms with Gasteiger partial charge in [0.15, 0.2) is 0 Å². The Hall–Kier alpha value is -1.28. The van der Waals surface area contributed by atoms with E-state index in [1.807, 2.05) is 30.9 Å². The molecule has 0 saturated heterocycles. The predicted molar refractivity (Wildman–Crippen MR) is 64.8 cm³/mol. The van der Waals surface area contributed by atoms with Crippen molar-refractivity contribution in [2.45, 2.75) is 25.3 Å². The van der Waals surface area contributed by atoms with Crippen molar-refractivity contribution in [3.8, 4) is 0 Å². The second kappa shape index (κ2) is 3.95. The van der Waals surface area contributed by atoms with Gasteiger partial charge >= 0.3 is 0 Å². The van der Waals surface area contributed by atoms with Crippen LogP contribution in [0.3, 0.4) is 0 Å². The smallest absolute Gasteiger partial charge is 0.0951 e. The highest BCUT2D eigenvalue weighted by Gasteiger charge is 2.22. The molecule has 16 heavy (non-hydrogen) atoms. The first-order valence-electron chi connectivity index (χ1n) is 5.61. The van der Waals surface area contributed by atoms with E-state index < -0.39 is 0 Å². The maximum Gasteiger partial charge on any atom is 0.0951 e. The van der Waals surface area contributed by atoms with Gasteiger partial charge in [0.05, 0.1) is 12.4 Å². The van der Waals surface area contributed by atoms with E-state index in [4.69, 9.17) is 11.6 Å². The molecule has 1 atom stereocenters. The first-order chi connectivity index (χ1) is 7.86. The second-order valence-electron chi connectivity index (χ2n) is 4.23. The molecule has 0 amide bonds. The Kier molecular flexibility index (Phi) is 2.44. The summed E-state index contributed by atoms with van der Waals surface area (Å²) < 4.78 is 2.17. The normalized spacial score (nSPS) is 19.4. The summed E-state index contributed by atoms with van der Waals surface area (Å²) in [5, 5.41) is 0.905. The molecule has 0 saturated carbocycles. The number of hydrogen-bond donors (Lipinski definition) is 0. The number of benzene rings is 1. The fourth-order valence-electron chi connectivity index (χ4n) is 2.54. The zero-order valence-corrected chi connectivity index (χ0v) is 9.69. The lowest BCUT2D eigenvalue weighted by atomic mass is 9.87. The first kappa shape index (κ1) is 9.91. The maximum absolute atomic E-state index is 6.24. The van der Waals surface area contributed by atoms with E-state index in [0.29, 0.717) is 6.04 Å². The molecule has 1 unspecified atom stereocenters. The van der Waals surface area contributed by atoms with E-state index in [0.717, 1.165) is 11.4 Å². The molecule has 1 aliphatic rings. The van der Waals surface area contributed by atoms with Crippen molar-refractivity contribution in [2.75, 3.05) is 0 Å². The van der Waals surface area contributed by atoms with Gasteiger partial charge in [0.2, 0.25) is 0 Å². The van der Waals surface area contributed by atoms with Gasteiger partial charge in [-0.25, -0.2) is 4.98 Å². The molecule has 1 heterocycles. The summed E-state index contributed by atoms with van der Waals surface area (Å²) in [7, 11) is 0. The summed E-state index contributed by atoms with van der Waals surface area (Å²) in [6.45, 7) is 0. The third kappa shape index (κ3) is 1.54. The fourth-order valence-corrected chi connectivity index (χ4v) is 2.82. The lowest BCUT2D eigenvalue weighted by molar-refractivity contribution is 0.489. The summed E-state index contributed by atoms with van der Waals surface area (Å²) in [6, 6.07) is 6.61. The van der Waals surface area contributed by atoms with E-state index in [9.17, 15) is 0 Å². The van der Waals surface area contributed by atoms with Crippen LogP contribution in [0.25, 0.3) is 0 Å². The first-order valence-corrected chi connectivity index (χ1v) is 5.99. The molecule has 0 N–H and O–H groups in total. The fraction of sp³-hybridized carbons (Fsp3) is 0.308. The number of halogens is 1. The minimum atomic E-state index is 0.407. The van der Waals surface area contributed by atoms with Gasteiger partial charge in [-0.05, 0) is 36.5 Å². The lowest BCUT2D eigenvalue weighted by Gasteiger charge is -2.27. The van der Waals surface area contributed by atoms with Crippen LogP contribution in [0.5, 0.6) is 0 Å². The van der Waals surface area contributed by atoms with E-state index in [1.165, 1.54) is 24.0 Å². The van der Waals surface area contributed by atoms with E-state index in [-0.39, 0.29) is 0 Å². The number of fused-ring (bicyclic) bond motifs is 1. The standard InChI is InChI=1S/C13H13ClN2/c14-12-5-1-4-11-10(12)3-2-6-13(11)16-8-7-15-9-16/h1,4-5,7-9,13H,2-3,6H2. The second-order valence-corrected chi connectivity index (χ2v) is 4.63. The van der Waals surface area contributed by atoms with Gasteiger partial charge in [0.25, 0.3) is 0 Å². The van der Waals surface area contributed by atoms with Gasteiger partial charge in [-0.2, -0.15) is 0 Å². The summed E-state index contributed by atoms with van der Waals surface area (Å²) in [4.78, 5) is 4.12. The van der Waals surface area contributed by atoms with Crippen LogP contribution in [0.1, 0.15) is 30.0 Å². The lowest BCUT2D eigenvalue weighted by Crippen LogP contribution is -2.16. The maximum atomic E-state index is 6.24. The Labute approximate surface area is 99.9 Å². The molecule has 2 nitrogen and oxygen atoms in total. The molecule has 1 aromatic carbocycles. The number of hydrogen-bond acceptors (Lipinski definition) is 1. The Bertz CT molecular complexity index is 491. The summed E-state index contributed by atoms with van der Waals surface area (Å²) in [5.41, 5.74) is 2.67. The molecule has 0 spiro atoms.